The van der Waals surface area contributed by atoms with E-state index in [-0.39, 0.29) is 12.5 Å². The summed E-state index contributed by atoms with van der Waals surface area (Å²) in [6.45, 7) is 2.02. The fraction of sp³-hybridized carbons (Fsp3) is 0.160. The predicted octanol–water partition coefficient (Wildman–Crippen LogP) is 3.71. The van der Waals surface area contributed by atoms with Crippen LogP contribution in [0.15, 0.2) is 79.1 Å². The lowest BCUT2D eigenvalue weighted by molar-refractivity contribution is -0.123. The van der Waals surface area contributed by atoms with Gasteiger partial charge in [0.15, 0.2) is 0 Å². The van der Waals surface area contributed by atoms with Crippen molar-refractivity contribution < 1.29 is 9.59 Å². The third kappa shape index (κ3) is 4.32. The number of hydrogen-bond donors (Lipinski definition) is 4. The van der Waals surface area contributed by atoms with Gasteiger partial charge in [-0.3, -0.25) is 14.6 Å². The Morgan fingerprint density at radius 1 is 1.03 bits per heavy atom. The number of fused-ring (bicyclic) bond motifs is 1. The average Bonchev–Trinajstić information content (AvgIpc) is 3.26. The molecule has 4 aromatic rings. The molecule has 0 radical (unpaired) electrons. The summed E-state index contributed by atoms with van der Waals surface area (Å²) in [7, 11) is 0. The number of nitrogens with two attached hydrogens (primary N) is 1. The Balaban J connectivity index is 1.56. The van der Waals surface area contributed by atoms with E-state index in [1.807, 2.05) is 61.5 Å². The van der Waals surface area contributed by atoms with Gasteiger partial charge in [0.05, 0.1) is 0 Å². The molecule has 7 heteroatoms. The first-order chi connectivity index (χ1) is 15.5. The van der Waals surface area contributed by atoms with Crippen molar-refractivity contribution >= 4 is 28.4 Å². The molecule has 0 spiro atoms. The van der Waals surface area contributed by atoms with Crippen molar-refractivity contribution in [2.75, 3.05) is 11.9 Å². The summed E-state index contributed by atoms with van der Waals surface area (Å²) in [5.41, 5.74) is 8.67. The van der Waals surface area contributed by atoms with E-state index in [1.54, 1.807) is 24.5 Å². The van der Waals surface area contributed by atoms with Crippen LogP contribution in [0.1, 0.15) is 23.7 Å². The minimum Gasteiger partial charge on any atom is -0.382 e. The number of nitrogens with one attached hydrogen (secondary N) is 3. The number of anilines is 1. The maximum Gasteiger partial charge on any atom is 0.252 e. The molecule has 0 fully saturated rings. The maximum atomic E-state index is 13.1. The third-order valence-corrected chi connectivity index (χ3v) is 5.67. The van der Waals surface area contributed by atoms with Crippen molar-refractivity contribution in [3.05, 3.63) is 84.7 Å². The molecule has 162 valence electrons. The van der Waals surface area contributed by atoms with Crippen molar-refractivity contribution in [2.45, 2.75) is 18.9 Å². The molecular weight excluding hydrogens is 402 g/mol. The monoisotopic (exact) mass is 427 g/mol. The lowest BCUT2D eigenvalue weighted by Crippen LogP contribution is -2.61. The lowest BCUT2D eigenvalue weighted by Gasteiger charge is -2.31. The SMILES string of the molecule is CCC(CNc1ccccc1)(NC(=O)c1ccc2[nH]c(-c3ccncc3)cc2c1)C(N)=O. The Kier molecular flexibility index (Phi) is 5.89. The van der Waals surface area contributed by atoms with Gasteiger partial charge < -0.3 is 21.4 Å². The number of primary amides is 1. The van der Waals surface area contributed by atoms with E-state index in [1.165, 1.54) is 0 Å². The molecule has 2 amide bonds. The van der Waals surface area contributed by atoms with E-state index >= 15 is 0 Å². The molecule has 0 aliphatic rings. The number of aromatic amines is 1. The number of para-hydroxylation sites is 1. The summed E-state index contributed by atoms with van der Waals surface area (Å²) in [5, 5.41) is 6.97. The second-order valence-corrected chi connectivity index (χ2v) is 7.69. The second-order valence-electron chi connectivity index (χ2n) is 7.69. The number of pyridine rings is 1. The highest BCUT2D eigenvalue weighted by molar-refractivity contribution is 6.02. The van der Waals surface area contributed by atoms with Gasteiger partial charge in [-0.15, -0.1) is 0 Å². The number of H-pyrrole nitrogens is 1. The molecule has 4 rings (SSSR count). The van der Waals surface area contributed by atoms with Gasteiger partial charge in [0, 0.05) is 52.3 Å². The first-order valence-corrected chi connectivity index (χ1v) is 10.5. The molecule has 5 N–H and O–H groups in total. The van der Waals surface area contributed by atoms with Crippen molar-refractivity contribution in [1.82, 2.24) is 15.3 Å². The molecule has 32 heavy (non-hydrogen) atoms. The largest absolute Gasteiger partial charge is 0.382 e. The van der Waals surface area contributed by atoms with Gasteiger partial charge in [-0.05, 0) is 55.0 Å². The molecule has 2 heterocycles. The van der Waals surface area contributed by atoms with Gasteiger partial charge in [-0.25, -0.2) is 0 Å². The van der Waals surface area contributed by atoms with Crippen LogP contribution in [-0.4, -0.2) is 33.9 Å². The first kappa shape index (κ1) is 21.1. The van der Waals surface area contributed by atoms with Crippen LogP contribution in [0.3, 0.4) is 0 Å². The van der Waals surface area contributed by atoms with Gasteiger partial charge in [0.2, 0.25) is 5.91 Å². The molecule has 2 aromatic carbocycles. The van der Waals surface area contributed by atoms with Crippen LogP contribution >= 0.6 is 0 Å². The van der Waals surface area contributed by atoms with Crippen molar-refractivity contribution in [3.8, 4) is 11.3 Å². The molecule has 0 saturated heterocycles. The summed E-state index contributed by atoms with van der Waals surface area (Å²) < 4.78 is 0. The highest BCUT2D eigenvalue weighted by Gasteiger charge is 2.36. The van der Waals surface area contributed by atoms with Crippen LogP contribution in [-0.2, 0) is 4.79 Å². The average molecular weight is 428 g/mol. The summed E-state index contributed by atoms with van der Waals surface area (Å²) in [6, 6.07) is 20.7. The number of carbonyl (C=O) groups excluding carboxylic acids is 2. The molecule has 0 aliphatic carbocycles. The number of hydrogen-bond acceptors (Lipinski definition) is 4. The van der Waals surface area contributed by atoms with Crippen LogP contribution in [0.5, 0.6) is 0 Å². The van der Waals surface area contributed by atoms with Gasteiger partial charge in [-0.2, -0.15) is 0 Å². The van der Waals surface area contributed by atoms with Gasteiger partial charge in [0.1, 0.15) is 5.54 Å². The van der Waals surface area contributed by atoms with E-state index in [0.717, 1.165) is 27.8 Å². The first-order valence-electron chi connectivity index (χ1n) is 10.5. The molecule has 0 aliphatic heterocycles. The number of carbonyl (C=O) groups is 2. The molecule has 7 nitrogen and oxygen atoms in total. The topological polar surface area (TPSA) is 113 Å². The standard InChI is InChI=1S/C25H25N5O2/c1-2-25(24(26)32,16-28-20-6-4-3-5-7-20)30-23(31)18-8-9-21-19(14-18)15-22(29-21)17-10-12-27-13-11-17/h3-15,28-29H,2,16H2,1H3,(H2,26,32)(H,30,31). The molecule has 0 saturated carbocycles. The van der Waals surface area contributed by atoms with E-state index in [2.05, 4.69) is 20.6 Å². The minimum absolute atomic E-state index is 0.188. The Bertz CT molecular complexity index is 1240. The Hall–Kier alpha value is -4.13. The minimum atomic E-state index is -1.22. The van der Waals surface area contributed by atoms with Crippen molar-refractivity contribution in [2.24, 2.45) is 5.73 Å². The molecule has 0 bridgehead atoms. The zero-order valence-electron chi connectivity index (χ0n) is 17.8. The van der Waals surface area contributed by atoms with Crippen LogP contribution in [0.4, 0.5) is 5.69 Å². The summed E-state index contributed by atoms with van der Waals surface area (Å²) >= 11 is 0. The van der Waals surface area contributed by atoms with E-state index in [0.29, 0.717) is 12.0 Å². The number of aromatic nitrogens is 2. The second kappa shape index (κ2) is 8.93. The predicted molar refractivity (Wildman–Crippen MR) is 126 cm³/mol. The van der Waals surface area contributed by atoms with Crippen LogP contribution in [0.2, 0.25) is 0 Å². The van der Waals surface area contributed by atoms with Gasteiger partial charge >= 0.3 is 0 Å². The normalized spacial score (nSPS) is 12.8. The summed E-state index contributed by atoms with van der Waals surface area (Å²) in [6.07, 6.45) is 3.82. The molecule has 2 aromatic heterocycles. The zero-order valence-corrected chi connectivity index (χ0v) is 17.8. The number of amides is 2. The number of benzene rings is 2. The number of rotatable bonds is 8. The smallest absolute Gasteiger partial charge is 0.252 e. The highest BCUT2D eigenvalue weighted by atomic mass is 16.2. The third-order valence-electron chi connectivity index (χ3n) is 5.67. The van der Waals surface area contributed by atoms with Crippen molar-refractivity contribution in [3.63, 3.8) is 0 Å². The van der Waals surface area contributed by atoms with Gasteiger partial charge in [-0.1, -0.05) is 25.1 Å². The molecule has 1 unspecified atom stereocenters. The van der Waals surface area contributed by atoms with Crippen LogP contribution < -0.4 is 16.4 Å². The maximum absolute atomic E-state index is 13.1. The fourth-order valence-corrected chi connectivity index (χ4v) is 3.64. The summed E-state index contributed by atoms with van der Waals surface area (Å²) in [5.74, 6) is -0.937. The van der Waals surface area contributed by atoms with Crippen molar-refractivity contribution in [1.29, 1.82) is 0 Å². The van der Waals surface area contributed by atoms with Crippen LogP contribution in [0, 0.1) is 0 Å². The zero-order chi connectivity index (χ0) is 22.6. The lowest BCUT2D eigenvalue weighted by atomic mass is 9.94. The van der Waals surface area contributed by atoms with Crippen LogP contribution in [0.25, 0.3) is 22.2 Å². The molecule has 1 atom stereocenters. The number of nitrogens with zero attached hydrogens (tertiary/aromatic N) is 1. The Labute approximate surface area is 186 Å². The van der Waals surface area contributed by atoms with E-state index < -0.39 is 11.4 Å². The van der Waals surface area contributed by atoms with Gasteiger partial charge in [0.25, 0.3) is 5.91 Å². The Morgan fingerprint density at radius 2 is 1.78 bits per heavy atom. The quantitative estimate of drug-likeness (QED) is 0.343. The Morgan fingerprint density at radius 3 is 2.47 bits per heavy atom. The highest BCUT2D eigenvalue weighted by Crippen LogP contribution is 2.25. The van der Waals surface area contributed by atoms with E-state index in [9.17, 15) is 9.59 Å². The summed E-state index contributed by atoms with van der Waals surface area (Å²) in [4.78, 5) is 32.9. The fourth-order valence-electron chi connectivity index (χ4n) is 3.64. The molecular formula is C25H25N5O2. The van der Waals surface area contributed by atoms with E-state index in [4.69, 9.17) is 5.73 Å².